The number of benzene rings is 2. The highest BCUT2D eigenvalue weighted by molar-refractivity contribution is 9.10. The molecule has 162 valence electrons. The minimum absolute atomic E-state index is 0.153. The summed E-state index contributed by atoms with van der Waals surface area (Å²) < 4.78 is 6.79. The molecule has 1 N–H and O–H groups in total. The highest BCUT2D eigenvalue weighted by Gasteiger charge is 2.26. The number of aryl methyl sites for hydroxylation is 2. The van der Waals surface area contributed by atoms with Crippen LogP contribution in [0, 0.1) is 13.8 Å². The molecule has 0 fully saturated rings. The summed E-state index contributed by atoms with van der Waals surface area (Å²) in [5.74, 6) is 0.174. The Morgan fingerprint density at radius 1 is 1.17 bits per heavy atom. The Kier molecular flexibility index (Phi) is 9.18. The van der Waals surface area contributed by atoms with E-state index in [2.05, 4.69) is 21.2 Å². The lowest BCUT2D eigenvalue weighted by Gasteiger charge is -2.28. The van der Waals surface area contributed by atoms with E-state index >= 15 is 0 Å². The van der Waals surface area contributed by atoms with Gasteiger partial charge in [0.1, 0.15) is 11.8 Å². The first-order valence-electron chi connectivity index (χ1n) is 9.94. The molecule has 2 amide bonds. The average Bonchev–Trinajstić information content (AvgIpc) is 2.73. The molecule has 1 atom stereocenters. The molecule has 5 nitrogen and oxygen atoms in total. The van der Waals surface area contributed by atoms with E-state index < -0.39 is 6.04 Å². The van der Waals surface area contributed by atoms with Gasteiger partial charge < -0.3 is 15.0 Å². The number of rotatable bonds is 9. The van der Waals surface area contributed by atoms with Crippen molar-refractivity contribution >= 4 is 39.3 Å². The fraction of sp³-hybridized carbons (Fsp3) is 0.391. The van der Waals surface area contributed by atoms with Crippen LogP contribution in [0.15, 0.2) is 40.9 Å². The molecule has 0 aromatic heterocycles. The molecule has 0 aliphatic heterocycles. The second-order valence-corrected chi connectivity index (χ2v) is 8.50. The van der Waals surface area contributed by atoms with Crippen LogP contribution in [0.1, 0.15) is 37.0 Å². The van der Waals surface area contributed by atoms with Gasteiger partial charge in [-0.3, -0.25) is 9.59 Å². The Balaban J connectivity index is 2.16. The van der Waals surface area contributed by atoms with Gasteiger partial charge in [0.2, 0.25) is 5.91 Å². The summed E-state index contributed by atoms with van der Waals surface area (Å²) >= 11 is 9.50. The van der Waals surface area contributed by atoms with Gasteiger partial charge in [0.25, 0.3) is 5.91 Å². The molecule has 0 aliphatic rings. The van der Waals surface area contributed by atoms with E-state index in [1.807, 2.05) is 45.0 Å². The molecule has 0 heterocycles. The van der Waals surface area contributed by atoms with Crippen LogP contribution in [-0.2, 0) is 16.1 Å². The molecule has 2 aromatic rings. The quantitative estimate of drug-likeness (QED) is 0.530. The molecule has 2 rings (SSSR count). The normalized spacial score (nSPS) is 11.7. The smallest absolute Gasteiger partial charge is 0.261 e. The number of halogens is 2. The van der Waals surface area contributed by atoms with E-state index in [9.17, 15) is 9.59 Å². The molecular weight excluding hydrogens is 468 g/mol. The lowest BCUT2D eigenvalue weighted by molar-refractivity contribution is -0.142. The predicted molar refractivity (Wildman–Crippen MR) is 124 cm³/mol. The molecule has 0 aliphatic carbocycles. The Hall–Kier alpha value is -2.05. The monoisotopic (exact) mass is 494 g/mol. The summed E-state index contributed by atoms with van der Waals surface area (Å²) in [6, 6.07) is 10.4. The van der Waals surface area contributed by atoms with Crippen molar-refractivity contribution in [2.45, 2.75) is 46.7 Å². The first-order chi connectivity index (χ1) is 14.2. The number of hydrogen-bond donors (Lipinski definition) is 1. The number of nitrogens with zero attached hydrogens (tertiary/aromatic N) is 1. The van der Waals surface area contributed by atoms with E-state index in [0.29, 0.717) is 23.9 Å². The number of carbonyl (C=O) groups excluding carboxylic acids is 2. The Morgan fingerprint density at radius 2 is 1.77 bits per heavy atom. The van der Waals surface area contributed by atoms with Gasteiger partial charge in [0.05, 0.1) is 0 Å². The Labute approximate surface area is 191 Å². The summed E-state index contributed by atoms with van der Waals surface area (Å²) in [5, 5.41) is 3.48. The number of carbonyl (C=O) groups is 2. The number of amides is 2. The zero-order chi connectivity index (χ0) is 22.3. The maximum absolute atomic E-state index is 13.0. The van der Waals surface area contributed by atoms with Crippen molar-refractivity contribution in [3.05, 3.63) is 62.6 Å². The van der Waals surface area contributed by atoms with Crippen LogP contribution in [0.3, 0.4) is 0 Å². The lowest BCUT2D eigenvalue weighted by Crippen LogP contribution is -2.49. The van der Waals surface area contributed by atoms with Crippen molar-refractivity contribution in [2.24, 2.45) is 0 Å². The molecule has 7 heteroatoms. The highest BCUT2D eigenvalue weighted by atomic mass is 79.9. The van der Waals surface area contributed by atoms with E-state index in [1.165, 1.54) is 4.90 Å². The van der Waals surface area contributed by atoms with Crippen LogP contribution in [0.2, 0.25) is 5.02 Å². The largest absolute Gasteiger partial charge is 0.484 e. The van der Waals surface area contributed by atoms with Gasteiger partial charge in [0, 0.05) is 22.6 Å². The summed E-state index contributed by atoms with van der Waals surface area (Å²) in [4.78, 5) is 27.1. The van der Waals surface area contributed by atoms with E-state index in [4.69, 9.17) is 16.3 Å². The first kappa shape index (κ1) is 24.2. The summed E-state index contributed by atoms with van der Waals surface area (Å²) in [7, 11) is 0. The third kappa shape index (κ3) is 6.74. The number of ether oxygens (including phenoxy) is 1. The van der Waals surface area contributed by atoms with Crippen molar-refractivity contribution < 1.29 is 14.3 Å². The second-order valence-electron chi connectivity index (χ2n) is 7.27. The van der Waals surface area contributed by atoms with Crippen LogP contribution in [-0.4, -0.2) is 35.9 Å². The van der Waals surface area contributed by atoms with Gasteiger partial charge in [-0.1, -0.05) is 46.6 Å². The van der Waals surface area contributed by atoms with E-state index in [-0.39, 0.29) is 18.4 Å². The van der Waals surface area contributed by atoms with Gasteiger partial charge in [0.15, 0.2) is 6.61 Å². The minimum Gasteiger partial charge on any atom is -0.484 e. The van der Waals surface area contributed by atoms with Gasteiger partial charge in [-0.2, -0.15) is 0 Å². The van der Waals surface area contributed by atoms with Crippen LogP contribution >= 0.6 is 27.5 Å². The van der Waals surface area contributed by atoms with Crippen molar-refractivity contribution in [3.8, 4) is 5.75 Å². The Morgan fingerprint density at radius 3 is 2.33 bits per heavy atom. The van der Waals surface area contributed by atoms with E-state index in [0.717, 1.165) is 27.6 Å². The third-order valence-corrected chi connectivity index (χ3v) is 6.26. The summed E-state index contributed by atoms with van der Waals surface area (Å²) in [6.45, 7) is 8.36. The van der Waals surface area contributed by atoms with Crippen molar-refractivity contribution in [1.29, 1.82) is 0 Å². The van der Waals surface area contributed by atoms with Gasteiger partial charge in [-0.05, 0) is 68.1 Å². The topological polar surface area (TPSA) is 58.6 Å². The molecule has 30 heavy (non-hydrogen) atoms. The molecule has 0 radical (unpaired) electrons. The standard InChI is InChI=1S/C23H28BrClN2O3/c1-5-10-26-23(29)17(4)27(13-18-6-8-19(25)9-7-18)21(28)14-30-20-11-15(2)22(24)16(3)12-20/h6-9,11-12,17H,5,10,13-14H2,1-4H3,(H,26,29)/t17-/m1/s1. The maximum atomic E-state index is 13.0. The van der Waals surface area contributed by atoms with Gasteiger partial charge in [-0.25, -0.2) is 0 Å². The van der Waals surface area contributed by atoms with Crippen LogP contribution < -0.4 is 10.1 Å². The SMILES string of the molecule is CCCNC(=O)[C@@H](C)N(Cc1ccc(Cl)cc1)C(=O)COc1cc(C)c(Br)c(C)c1. The zero-order valence-electron chi connectivity index (χ0n) is 17.8. The molecule has 0 saturated carbocycles. The minimum atomic E-state index is -0.628. The number of nitrogens with one attached hydrogen (secondary N) is 1. The fourth-order valence-corrected chi connectivity index (χ4v) is 3.34. The van der Waals surface area contributed by atoms with Crippen molar-refractivity contribution in [1.82, 2.24) is 10.2 Å². The van der Waals surface area contributed by atoms with Gasteiger partial charge in [-0.15, -0.1) is 0 Å². The molecule has 0 saturated heterocycles. The first-order valence-corrected chi connectivity index (χ1v) is 11.1. The van der Waals surface area contributed by atoms with Crippen LogP contribution in [0.5, 0.6) is 5.75 Å². The zero-order valence-corrected chi connectivity index (χ0v) is 20.1. The lowest BCUT2D eigenvalue weighted by atomic mass is 10.1. The van der Waals surface area contributed by atoms with Crippen molar-refractivity contribution in [3.63, 3.8) is 0 Å². The molecule has 2 aromatic carbocycles. The molecule has 0 unspecified atom stereocenters. The average molecular weight is 496 g/mol. The Bertz CT molecular complexity index is 864. The van der Waals surface area contributed by atoms with E-state index in [1.54, 1.807) is 19.1 Å². The molecule has 0 spiro atoms. The second kappa shape index (κ2) is 11.4. The summed E-state index contributed by atoms with van der Waals surface area (Å²) in [6.07, 6.45) is 0.828. The fourth-order valence-electron chi connectivity index (χ4n) is 2.98. The maximum Gasteiger partial charge on any atom is 0.261 e. The van der Waals surface area contributed by atoms with Crippen LogP contribution in [0.4, 0.5) is 0 Å². The third-order valence-electron chi connectivity index (χ3n) is 4.75. The summed E-state index contributed by atoms with van der Waals surface area (Å²) in [5.41, 5.74) is 2.95. The van der Waals surface area contributed by atoms with Gasteiger partial charge >= 0.3 is 0 Å². The molecule has 0 bridgehead atoms. The molecular formula is C23H28BrClN2O3. The highest BCUT2D eigenvalue weighted by Crippen LogP contribution is 2.26. The van der Waals surface area contributed by atoms with Crippen LogP contribution in [0.25, 0.3) is 0 Å². The predicted octanol–water partition coefficient (Wildman–Crippen LogP) is 5.04. The number of hydrogen-bond acceptors (Lipinski definition) is 3. The van der Waals surface area contributed by atoms with Crippen molar-refractivity contribution in [2.75, 3.05) is 13.2 Å².